The number of fused-ring (bicyclic) bond motifs is 2. The van der Waals surface area contributed by atoms with Gasteiger partial charge in [0.05, 0.1) is 12.3 Å². The monoisotopic (exact) mass is 449 g/mol. The van der Waals surface area contributed by atoms with E-state index in [1.165, 1.54) is 11.8 Å². The van der Waals surface area contributed by atoms with Crippen LogP contribution in [0.25, 0.3) is 20.7 Å². The third-order valence-corrected chi connectivity index (χ3v) is 6.88. The van der Waals surface area contributed by atoms with Crippen molar-refractivity contribution in [3.63, 3.8) is 0 Å². The predicted molar refractivity (Wildman–Crippen MR) is 123 cm³/mol. The molecule has 0 saturated carbocycles. The van der Waals surface area contributed by atoms with E-state index in [1.54, 1.807) is 17.7 Å². The molecule has 0 aliphatic carbocycles. The summed E-state index contributed by atoms with van der Waals surface area (Å²) in [6, 6.07) is 19.8. The molecule has 156 valence electrons. The number of ether oxygens (including phenoxy) is 2. The van der Waals surface area contributed by atoms with Crippen LogP contribution in [0.4, 0.5) is 0 Å². The number of amides is 1. The van der Waals surface area contributed by atoms with E-state index in [0.29, 0.717) is 18.9 Å². The Balaban J connectivity index is 1.19. The van der Waals surface area contributed by atoms with E-state index < -0.39 is 0 Å². The van der Waals surface area contributed by atoms with Crippen LogP contribution in [0, 0.1) is 0 Å². The van der Waals surface area contributed by atoms with Crippen LogP contribution in [-0.2, 0) is 4.79 Å². The van der Waals surface area contributed by atoms with Crippen LogP contribution < -0.4 is 14.8 Å². The van der Waals surface area contributed by atoms with E-state index in [4.69, 9.17) is 9.47 Å². The van der Waals surface area contributed by atoms with Gasteiger partial charge in [-0.05, 0) is 23.8 Å². The van der Waals surface area contributed by atoms with Crippen molar-refractivity contribution < 1.29 is 14.3 Å². The lowest BCUT2D eigenvalue weighted by Gasteiger charge is -2.26. The summed E-state index contributed by atoms with van der Waals surface area (Å²) >= 11 is 3.04. The fourth-order valence-corrected chi connectivity index (χ4v) is 5.14. The third kappa shape index (κ3) is 4.50. The molecule has 2 aromatic heterocycles. The second-order valence-electron chi connectivity index (χ2n) is 6.96. The summed E-state index contributed by atoms with van der Waals surface area (Å²) < 4.78 is 11.6. The molecule has 0 unspecified atom stereocenters. The number of carbonyl (C=O) groups excluding carboxylic acids is 1. The van der Waals surface area contributed by atoms with Crippen molar-refractivity contribution in [2.24, 2.45) is 0 Å². The van der Waals surface area contributed by atoms with Crippen molar-refractivity contribution in [1.82, 2.24) is 15.3 Å². The average Bonchev–Trinajstić information content (AvgIpc) is 3.27. The molecule has 0 spiro atoms. The molecule has 2 aromatic carbocycles. The summed E-state index contributed by atoms with van der Waals surface area (Å²) in [5.74, 6) is 1.64. The van der Waals surface area contributed by atoms with E-state index in [-0.39, 0.29) is 17.8 Å². The molecule has 0 radical (unpaired) electrons. The maximum atomic E-state index is 12.4. The van der Waals surface area contributed by atoms with Crippen molar-refractivity contribution in [3.8, 4) is 21.9 Å². The molecule has 1 aliphatic heterocycles. The van der Waals surface area contributed by atoms with Crippen molar-refractivity contribution in [3.05, 3.63) is 67.0 Å². The molecule has 0 fully saturated rings. The minimum atomic E-state index is -0.208. The van der Waals surface area contributed by atoms with Crippen molar-refractivity contribution >= 4 is 39.2 Å². The van der Waals surface area contributed by atoms with Crippen LogP contribution in [-0.4, -0.2) is 40.9 Å². The number of benzene rings is 2. The largest absolute Gasteiger partial charge is 0.486 e. The Bertz CT molecular complexity index is 1210. The lowest BCUT2D eigenvalue weighted by atomic mass is 10.2. The van der Waals surface area contributed by atoms with Crippen LogP contribution in [0.3, 0.4) is 0 Å². The summed E-state index contributed by atoms with van der Waals surface area (Å²) in [5.41, 5.74) is 1.15. The number of thioether (sulfide) groups is 1. The van der Waals surface area contributed by atoms with Gasteiger partial charge in [-0.25, -0.2) is 9.97 Å². The standard InChI is InChI=1S/C23H19N3O3S2/c27-21(24-11-16-12-28-18-8-4-5-9-19(18)29-16)13-30-22-17-10-20(15-6-2-1-3-7-15)31-23(17)26-14-25-22/h1-10,14,16H,11-13H2,(H,24,27)/t16-/m0/s1. The van der Waals surface area contributed by atoms with Gasteiger partial charge < -0.3 is 14.8 Å². The zero-order valence-electron chi connectivity index (χ0n) is 16.5. The number of aromatic nitrogens is 2. The molecule has 31 heavy (non-hydrogen) atoms. The third-order valence-electron chi connectivity index (χ3n) is 4.79. The molecule has 1 N–H and O–H groups in total. The summed E-state index contributed by atoms with van der Waals surface area (Å²) in [6.45, 7) is 0.803. The fourth-order valence-electron chi connectivity index (χ4n) is 3.27. The summed E-state index contributed by atoms with van der Waals surface area (Å²) in [5, 5.41) is 4.71. The Morgan fingerprint density at radius 1 is 1.10 bits per heavy atom. The number of nitrogens with one attached hydrogen (secondary N) is 1. The fraction of sp³-hybridized carbons (Fsp3) is 0.174. The molecule has 6 nitrogen and oxygen atoms in total. The molecule has 5 rings (SSSR count). The first kappa shape index (κ1) is 19.8. The predicted octanol–water partition coefficient (Wildman–Crippen LogP) is 4.41. The van der Waals surface area contributed by atoms with E-state index in [2.05, 4.69) is 33.5 Å². The van der Waals surface area contributed by atoms with Gasteiger partial charge in [0.15, 0.2) is 11.5 Å². The number of hydrogen-bond donors (Lipinski definition) is 1. The number of rotatable bonds is 6. The summed E-state index contributed by atoms with van der Waals surface area (Å²) in [6.07, 6.45) is 1.35. The SMILES string of the molecule is O=C(CSc1ncnc2sc(-c3ccccc3)cc12)NC[C@H]1COc2ccccc2O1. The van der Waals surface area contributed by atoms with Gasteiger partial charge in [0, 0.05) is 10.3 Å². The molecule has 0 saturated heterocycles. The molecule has 1 aliphatic rings. The first-order chi connectivity index (χ1) is 15.3. The highest BCUT2D eigenvalue weighted by molar-refractivity contribution is 8.00. The van der Waals surface area contributed by atoms with Crippen LogP contribution in [0.15, 0.2) is 72.0 Å². The van der Waals surface area contributed by atoms with Crippen molar-refractivity contribution in [2.45, 2.75) is 11.1 Å². The quantitative estimate of drug-likeness (QED) is 0.347. The van der Waals surface area contributed by atoms with E-state index in [0.717, 1.165) is 31.4 Å². The van der Waals surface area contributed by atoms with Gasteiger partial charge in [0.25, 0.3) is 0 Å². The average molecular weight is 450 g/mol. The Morgan fingerprint density at radius 3 is 2.77 bits per heavy atom. The van der Waals surface area contributed by atoms with Gasteiger partial charge in [0.1, 0.15) is 28.9 Å². The second kappa shape index (κ2) is 8.95. The number of thiophene rings is 1. The van der Waals surface area contributed by atoms with Crippen molar-refractivity contribution in [1.29, 1.82) is 0 Å². The van der Waals surface area contributed by atoms with Gasteiger partial charge in [-0.2, -0.15) is 0 Å². The smallest absolute Gasteiger partial charge is 0.230 e. The molecular formula is C23H19N3O3S2. The highest BCUT2D eigenvalue weighted by Gasteiger charge is 2.21. The summed E-state index contributed by atoms with van der Waals surface area (Å²) in [4.78, 5) is 23.2. The topological polar surface area (TPSA) is 73.3 Å². The van der Waals surface area contributed by atoms with Crippen LogP contribution in [0.5, 0.6) is 11.5 Å². The van der Waals surface area contributed by atoms with Crippen LogP contribution in [0.1, 0.15) is 0 Å². The Kier molecular flexibility index (Phi) is 5.73. The highest BCUT2D eigenvalue weighted by atomic mass is 32.2. The second-order valence-corrected chi connectivity index (χ2v) is 8.96. The minimum Gasteiger partial charge on any atom is -0.486 e. The maximum absolute atomic E-state index is 12.4. The molecule has 0 bridgehead atoms. The van der Waals surface area contributed by atoms with Gasteiger partial charge in [-0.15, -0.1) is 11.3 Å². The maximum Gasteiger partial charge on any atom is 0.230 e. The molecule has 3 heterocycles. The highest BCUT2D eigenvalue weighted by Crippen LogP contribution is 2.36. The summed E-state index contributed by atoms with van der Waals surface area (Å²) in [7, 11) is 0. The van der Waals surface area contributed by atoms with Gasteiger partial charge >= 0.3 is 0 Å². The number of carbonyl (C=O) groups is 1. The van der Waals surface area contributed by atoms with Crippen LogP contribution >= 0.6 is 23.1 Å². The Labute approximate surface area is 187 Å². The molecular weight excluding hydrogens is 430 g/mol. The lowest BCUT2D eigenvalue weighted by Crippen LogP contribution is -2.41. The normalized spacial score (nSPS) is 15.0. The Hall–Kier alpha value is -3.10. The van der Waals surface area contributed by atoms with Gasteiger partial charge in [-0.3, -0.25) is 4.79 Å². The van der Waals surface area contributed by atoms with Crippen LogP contribution in [0.2, 0.25) is 0 Å². The first-order valence-electron chi connectivity index (χ1n) is 9.84. The zero-order valence-corrected chi connectivity index (χ0v) is 18.1. The van der Waals surface area contributed by atoms with Gasteiger partial charge in [0.2, 0.25) is 5.91 Å². The first-order valence-corrected chi connectivity index (χ1v) is 11.6. The molecule has 1 amide bonds. The Morgan fingerprint density at radius 2 is 1.90 bits per heavy atom. The number of nitrogens with zero attached hydrogens (tertiary/aromatic N) is 2. The number of hydrogen-bond acceptors (Lipinski definition) is 7. The molecule has 8 heteroatoms. The lowest BCUT2D eigenvalue weighted by molar-refractivity contribution is -0.119. The van der Waals surface area contributed by atoms with E-state index >= 15 is 0 Å². The number of para-hydroxylation sites is 2. The minimum absolute atomic E-state index is 0.0715. The molecule has 1 atom stereocenters. The van der Waals surface area contributed by atoms with Gasteiger partial charge in [-0.1, -0.05) is 54.2 Å². The van der Waals surface area contributed by atoms with E-state index in [9.17, 15) is 4.79 Å². The zero-order chi connectivity index (χ0) is 21.0. The van der Waals surface area contributed by atoms with Crippen molar-refractivity contribution in [2.75, 3.05) is 18.9 Å². The molecule has 4 aromatic rings. The van der Waals surface area contributed by atoms with E-state index in [1.807, 2.05) is 42.5 Å².